The minimum atomic E-state index is -0.807. The van der Waals surface area contributed by atoms with E-state index in [2.05, 4.69) is 5.10 Å². The average molecular weight is 273 g/mol. The van der Waals surface area contributed by atoms with Gasteiger partial charge in [-0.2, -0.15) is 5.10 Å². The maximum Gasteiger partial charge on any atom is 0.250 e. The van der Waals surface area contributed by atoms with Gasteiger partial charge in [0.2, 0.25) is 5.91 Å². The van der Waals surface area contributed by atoms with Gasteiger partial charge in [-0.05, 0) is 13.8 Å². The quantitative estimate of drug-likeness (QED) is 0.861. The van der Waals surface area contributed by atoms with Crippen LogP contribution in [-0.4, -0.2) is 46.9 Å². The summed E-state index contributed by atoms with van der Waals surface area (Å²) in [5.74, 6) is -0.00929. The molecule has 2 rings (SSSR count). The van der Waals surface area contributed by atoms with E-state index in [1.54, 1.807) is 24.9 Å². The van der Waals surface area contributed by atoms with Crippen LogP contribution in [0.1, 0.15) is 13.8 Å². The molecule has 0 atom stereocenters. The fraction of sp³-hybridized carbons (Fsp3) is 0.636. The largest absolute Gasteiger partial charge is 0.395 e. The van der Waals surface area contributed by atoms with Gasteiger partial charge in [-0.25, -0.2) is 0 Å². The van der Waals surface area contributed by atoms with Crippen molar-refractivity contribution in [2.45, 2.75) is 19.4 Å². The molecule has 0 radical (unpaired) electrons. The summed E-state index contributed by atoms with van der Waals surface area (Å²) in [7, 11) is 0. The van der Waals surface area contributed by atoms with Crippen molar-refractivity contribution in [2.24, 2.45) is 0 Å². The van der Waals surface area contributed by atoms with E-state index in [0.29, 0.717) is 32.0 Å². The highest BCUT2D eigenvalue weighted by Crippen LogP contribution is 2.24. The van der Waals surface area contributed by atoms with Crippen molar-refractivity contribution >= 4 is 23.2 Å². The van der Waals surface area contributed by atoms with E-state index in [0.717, 1.165) is 0 Å². The summed E-state index contributed by atoms with van der Waals surface area (Å²) in [6.07, 6.45) is 1.58. The molecule has 2 heterocycles. The molecule has 0 unspecified atom stereocenters. The number of rotatable bonds is 2. The maximum atomic E-state index is 12.5. The number of morpholine rings is 1. The molecule has 7 heteroatoms. The van der Waals surface area contributed by atoms with Crippen LogP contribution >= 0.6 is 11.6 Å². The van der Waals surface area contributed by atoms with E-state index in [9.17, 15) is 4.79 Å². The van der Waals surface area contributed by atoms with Crippen LogP contribution in [0.3, 0.4) is 0 Å². The number of hydrogen-bond acceptors (Lipinski definition) is 4. The molecule has 6 nitrogen and oxygen atoms in total. The standard InChI is InChI=1S/C11H17ClN4O2/c1-11(2,16-7-8(13)9(12)14-16)10(17)15-3-5-18-6-4-15/h7H,3-6,13H2,1-2H3. The lowest BCUT2D eigenvalue weighted by atomic mass is 10.0. The highest BCUT2D eigenvalue weighted by atomic mass is 35.5. The summed E-state index contributed by atoms with van der Waals surface area (Å²) in [5, 5.41) is 4.30. The third-order valence-corrected chi connectivity index (χ3v) is 3.38. The van der Waals surface area contributed by atoms with Gasteiger partial charge in [-0.3, -0.25) is 9.48 Å². The monoisotopic (exact) mass is 272 g/mol. The van der Waals surface area contributed by atoms with Crippen molar-refractivity contribution in [1.29, 1.82) is 0 Å². The van der Waals surface area contributed by atoms with Gasteiger partial charge in [-0.15, -0.1) is 0 Å². The van der Waals surface area contributed by atoms with Gasteiger partial charge < -0.3 is 15.4 Å². The summed E-state index contributed by atoms with van der Waals surface area (Å²) in [6.45, 7) is 5.95. The topological polar surface area (TPSA) is 73.4 Å². The number of nitrogen functional groups attached to an aromatic ring is 1. The Morgan fingerprint density at radius 1 is 1.50 bits per heavy atom. The average Bonchev–Trinajstić information content (AvgIpc) is 2.70. The summed E-state index contributed by atoms with van der Waals surface area (Å²) in [5.41, 5.74) is 5.22. The Balaban J connectivity index is 2.21. The number of amides is 1. The van der Waals surface area contributed by atoms with E-state index in [-0.39, 0.29) is 11.1 Å². The number of nitrogens with two attached hydrogens (primary N) is 1. The molecule has 1 amide bonds. The Labute approximate surface area is 111 Å². The second kappa shape index (κ2) is 4.78. The van der Waals surface area contributed by atoms with E-state index >= 15 is 0 Å². The van der Waals surface area contributed by atoms with Crippen LogP contribution in [0.4, 0.5) is 5.69 Å². The summed E-state index contributed by atoms with van der Waals surface area (Å²) in [4.78, 5) is 14.2. The third kappa shape index (κ3) is 2.30. The zero-order chi connectivity index (χ0) is 13.3. The number of nitrogens with zero attached hydrogens (tertiary/aromatic N) is 3. The van der Waals surface area contributed by atoms with Crippen LogP contribution in [0.5, 0.6) is 0 Å². The maximum absolute atomic E-state index is 12.5. The zero-order valence-corrected chi connectivity index (χ0v) is 11.3. The molecule has 0 saturated carbocycles. The fourth-order valence-corrected chi connectivity index (χ4v) is 2.03. The van der Waals surface area contributed by atoms with Crippen molar-refractivity contribution in [3.05, 3.63) is 11.3 Å². The van der Waals surface area contributed by atoms with Gasteiger partial charge >= 0.3 is 0 Å². The molecule has 0 aliphatic carbocycles. The first-order valence-corrected chi connectivity index (χ1v) is 6.19. The minimum absolute atomic E-state index is 0.00929. The SMILES string of the molecule is CC(C)(C(=O)N1CCOCC1)n1cc(N)c(Cl)n1. The van der Waals surface area contributed by atoms with Gasteiger partial charge in [0.1, 0.15) is 5.54 Å². The molecule has 1 fully saturated rings. The Bertz CT molecular complexity index is 432. The number of aromatic nitrogens is 2. The molecule has 1 aliphatic rings. The predicted octanol–water partition coefficient (Wildman–Crippen LogP) is 0.713. The summed E-state index contributed by atoms with van der Waals surface area (Å²) in [6, 6.07) is 0. The Morgan fingerprint density at radius 2 is 2.11 bits per heavy atom. The molecular formula is C11H17ClN4O2. The minimum Gasteiger partial charge on any atom is -0.395 e. The Morgan fingerprint density at radius 3 is 2.61 bits per heavy atom. The Hall–Kier alpha value is -1.27. The molecule has 0 aromatic carbocycles. The molecular weight excluding hydrogens is 256 g/mol. The normalized spacial score (nSPS) is 16.9. The van der Waals surface area contributed by atoms with Crippen LogP contribution in [0, 0.1) is 0 Å². The van der Waals surface area contributed by atoms with Gasteiger partial charge in [0.15, 0.2) is 5.15 Å². The molecule has 18 heavy (non-hydrogen) atoms. The van der Waals surface area contributed by atoms with Gasteiger partial charge in [0, 0.05) is 13.1 Å². The van der Waals surface area contributed by atoms with Crippen molar-refractivity contribution in [3.63, 3.8) is 0 Å². The fourth-order valence-electron chi connectivity index (χ4n) is 1.90. The van der Waals surface area contributed by atoms with E-state index in [4.69, 9.17) is 22.1 Å². The number of ether oxygens (including phenoxy) is 1. The van der Waals surface area contributed by atoms with Gasteiger partial charge in [0.25, 0.3) is 0 Å². The number of halogens is 1. The van der Waals surface area contributed by atoms with Gasteiger partial charge in [0.05, 0.1) is 25.1 Å². The van der Waals surface area contributed by atoms with Crippen molar-refractivity contribution in [3.8, 4) is 0 Å². The second-order valence-corrected chi connectivity index (χ2v) is 5.14. The first-order valence-electron chi connectivity index (χ1n) is 5.81. The number of anilines is 1. The predicted molar refractivity (Wildman–Crippen MR) is 68.4 cm³/mol. The lowest BCUT2D eigenvalue weighted by Gasteiger charge is -2.34. The summed E-state index contributed by atoms with van der Waals surface area (Å²) >= 11 is 5.82. The lowest BCUT2D eigenvalue weighted by Crippen LogP contribution is -2.51. The van der Waals surface area contributed by atoms with Crippen LogP contribution in [0.25, 0.3) is 0 Å². The van der Waals surface area contributed by atoms with E-state index < -0.39 is 5.54 Å². The smallest absolute Gasteiger partial charge is 0.250 e. The highest BCUT2D eigenvalue weighted by molar-refractivity contribution is 6.31. The van der Waals surface area contributed by atoms with E-state index in [1.165, 1.54) is 4.68 Å². The molecule has 1 aliphatic heterocycles. The van der Waals surface area contributed by atoms with Gasteiger partial charge in [-0.1, -0.05) is 11.6 Å². The van der Waals surface area contributed by atoms with Crippen LogP contribution < -0.4 is 5.73 Å². The molecule has 1 aromatic heterocycles. The first-order chi connectivity index (χ1) is 8.43. The molecule has 1 saturated heterocycles. The highest BCUT2D eigenvalue weighted by Gasteiger charge is 2.35. The second-order valence-electron chi connectivity index (χ2n) is 4.78. The van der Waals surface area contributed by atoms with Crippen LogP contribution in [-0.2, 0) is 15.1 Å². The summed E-state index contributed by atoms with van der Waals surface area (Å²) < 4.78 is 6.75. The molecule has 0 spiro atoms. The molecule has 0 bridgehead atoms. The first kappa shape index (κ1) is 13.2. The van der Waals surface area contributed by atoms with Crippen molar-refractivity contribution in [2.75, 3.05) is 32.0 Å². The Kier molecular flexibility index (Phi) is 3.49. The molecule has 100 valence electrons. The molecule has 2 N–H and O–H groups in total. The molecule has 1 aromatic rings. The zero-order valence-electron chi connectivity index (χ0n) is 10.5. The number of carbonyl (C=O) groups excluding carboxylic acids is 1. The number of hydrogen-bond donors (Lipinski definition) is 1. The van der Waals surface area contributed by atoms with Crippen molar-refractivity contribution in [1.82, 2.24) is 14.7 Å². The van der Waals surface area contributed by atoms with E-state index in [1.807, 2.05) is 0 Å². The van der Waals surface area contributed by atoms with Crippen LogP contribution in [0.15, 0.2) is 6.20 Å². The number of carbonyl (C=O) groups is 1. The van der Waals surface area contributed by atoms with Crippen LogP contribution in [0.2, 0.25) is 5.15 Å². The van der Waals surface area contributed by atoms with Crippen molar-refractivity contribution < 1.29 is 9.53 Å². The third-order valence-electron chi connectivity index (χ3n) is 3.09. The lowest BCUT2D eigenvalue weighted by molar-refractivity contribution is -0.143.